The average Bonchev–Trinajstić information content (AvgIpc) is 2.58. The third-order valence-electron chi connectivity index (χ3n) is 3.03. The van der Waals surface area contributed by atoms with Crippen LogP contribution in [0.25, 0.3) is 0 Å². The first kappa shape index (κ1) is 12.0. The number of nitrogens with zero attached hydrogens (tertiary/aromatic N) is 1. The molecular formula is C10H14N2O5. The molecule has 7 nitrogen and oxygen atoms in total. The Morgan fingerprint density at radius 3 is 2.88 bits per heavy atom. The third kappa shape index (κ3) is 2.62. The summed E-state index contributed by atoms with van der Waals surface area (Å²) in [6.45, 7) is 1.21. The zero-order chi connectivity index (χ0) is 12.4. The van der Waals surface area contributed by atoms with Gasteiger partial charge in [0.2, 0.25) is 11.8 Å². The minimum absolute atomic E-state index is 0.0853. The van der Waals surface area contributed by atoms with Gasteiger partial charge in [-0.2, -0.15) is 0 Å². The molecule has 7 heteroatoms. The van der Waals surface area contributed by atoms with Crippen LogP contribution in [0.15, 0.2) is 0 Å². The molecule has 2 aliphatic heterocycles. The second kappa shape index (κ2) is 4.80. The van der Waals surface area contributed by atoms with E-state index in [1.807, 2.05) is 0 Å². The number of carbonyl (C=O) groups excluding carboxylic acids is 2. The number of nitrogens with one attached hydrogen (secondary N) is 1. The van der Waals surface area contributed by atoms with Crippen molar-refractivity contribution in [2.75, 3.05) is 19.8 Å². The standard InChI is InChI=1S/C10H14N2O5/c13-8-4-7(10(16)11-8)12-1-2-17-5-6(12)3-9(14)15/h6-7H,1-5H2,(H,14,15)(H,11,13,16). The summed E-state index contributed by atoms with van der Waals surface area (Å²) in [5, 5.41) is 11.0. The van der Waals surface area contributed by atoms with Crippen molar-refractivity contribution in [2.45, 2.75) is 24.9 Å². The van der Waals surface area contributed by atoms with E-state index in [4.69, 9.17) is 9.84 Å². The Balaban J connectivity index is 2.08. The molecule has 0 spiro atoms. The fourth-order valence-electron chi connectivity index (χ4n) is 2.26. The number of imide groups is 1. The largest absolute Gasteiger partial charge is 0.481 e. The van der Waals surface area contributed by atoms with Crippen LogP contribution in [0.2, 0.25) is 0 Å². The van der Waals surface area contributed by atoms with Gasteiger partial charge in [-0.15, -0.1) is 0 Å². The molecule has 2 unspecified atom stereocenters. The third-order valence-corrected chi connectivity index (χ3v) is 3.03. The lowest BCUT2D eigenvalue weighted by atomic mass is 10.1. The summed E-state index contributed by atoms with van der Waals surface area (Å²) < 4.78 is 5.21. The number of amides is 2. The molecule has 2 amide bonds. The van der Waals surface area contributed by atoms with Gasteiger partial charge < -0.3 is 9.84 Å². The van der Waals surface area contributed by atoms with Crippen LogP contribution in [-0.4, -0.2) is 59.6 Å². The van der Waals surface area contributed by atoms with Gasteiger partial charge in [-0.1, -0.05) is 0 Å². The van der Waals surface area contributed by atoms with E-state index in [1.165, 1.54) is 0 Å². The molecular weight excluding hydrogens is 228 g/mol. The molecule has 2 atom stereocenters. The number of hydrogen-bond acceptors (Lipinski definition) is 5. The van der Waals surface area contributed by atoms with Gasteiger partial charge in [-0.25, -0.2) is 0 Å². The van der Waals surface area contributed by atoms with E-state index in [2.05, 4.69) is 5.32 Å². The van der Waals surface area contributed by atoms with Crippen LogP contribution in [-0.2, 0) is 19.1 Å². The molecule has 2 rings (SSSR count). The van der Waals surface area contributed by atoms with Crippen molar-refractivity contribution in [3.8, 4) is 0 Å². The lowest BCUT2D eigenvalue weighted by Crippen LogP contribution is -2.53. The number of carboxylic acids is 1. The van der Waals surface area contributed by atoms with Gasteiger partial charge in [0.15, 0.2) is 0 Å². The normalized spacial score (nSPS) is 30.4. The summed E-state index contributed by atoms with van der Waals surface area (Å²) in [5.74, 6) is -1.58. The van der Waals surface area contributed by atoms with E-state index in [0.717, 1.165) is 0 Å². The predicted molar refractivity (Wildman–Crippen MR) is 55.1 cm³/mol. The van der Waals surface area contributed by atoms with Crippen molar-refractivity contribution < 1.29 is 24.2 Å². The second-order valence-corrected chi connectivity index (χ2v) is 4.20. The molecule has 2 saturated heterocycles. The van der Waals surface area contributed by atoms with Gasteiger partial charge in [0, 0.05) is 12.6 Å². The molecule has 0 aromatic heterocycles. The highest BCUT2D eigenvalue weighted by Gasteiger charge is 2.40. The Morgan fingerprint density at radius 1 is 1.53 bits per heavy atom. The summed E-state index contributed by atoms with van der Waals surface area (Å²) >= 11 is 0. The number of carbonyl (C=O) groups is 3. The molecule has 2 N–H and O–H groups in total. The van der Waals surface area contributed by atoms with E-state index < -0.39 is 12.0 Å². The first-order valence-corrected chi connectivity index (χ1v) is 5.47. The first-order chi connectivity index (χ1) is 8.08. The first-order valence-electron chi connectivity index (χ1n) is 5.47. The van der Waals surface area contributed by atoms with Gasteiger partial charge in [0.05, 0.1) is 32.1 Å². The van der Waals surface area contributed by atoms with Crippen LogP contribution in [0.1, 0.15) is 12.8 Å². The zero-order valence-corrected chi connectivity index (χ0v) is 9.22. The minimum atomic E-state index is -0.935. The lowest BCUT2D eigenvalue weighted by molar-refractivity contribution is -0.142. The summed E-state index contributed by atoms with van der Waals surface area (Å²) in [6.07, 6.45) is 0.0208. The van der Waals surface area contributed by atoms with Crippen LogP contribution >= 0.6 is 0 Å². The number of carboxylic acid groups (broad SMARTS) is 1. The smallest absolute Gasteiger partial charge is 0.305 e. The number of aliphatic carboxylic acids is 1. The van der Waals surface area contributed by atoms with Gasteiger partial charge in [-0.3, -0.25) is 24.6 Å². The number of rotatable bonds is 3. The van der Waals surface area contributed by atoms with Crippen LogP contribution in [0.5, 0.6) is 0 Å². The predicted octanol–water partition coefficient (Wildman–Crippen LogP) is -1.42. The fraction of sp³-hybridized carbons (Fsp3) is 0.700. The highest BCUT2D eigenvalue weighted by molar-refractivity contribution is 6.05. The number of ether oxygens (including phenoxy) is 1. The minimum Gasteiger partial charge on any atom is -0.481 e. The SMILES string of the molecule is O=C(O)CC1COCCN1C1CC(=O)NC1=O. The molecule has 94 valence electrons. The fourth-order valence-corrected chi connectivity index (χ4v) is 2.26. The molecule has 0 aliphatic carbocycles. The monoisotopic (exact) mass is 242 g/mol. The van der Waals surface area contributed by atoms with Gasteiger partial charge in [0.1, 0.15) is 0 Å². The topological polar surface area (TPSA) is 95.9 Å². The van der Waals surface area contributed by atoms with Crippen LogP contribution < -0.4 is 5.32 Å². The summed E-state index contributed by atoms with van der Waals surface area (Å²) in [5.41, 5.74) is 0. The van der Waals surface area contributed by atoms with Crippen molar-refractivity contribution >= 4 is 17.8 Å². The van der Waals surface area contributed by atoms with Crippen LogP contribution in [0.3, 0.4) is 0 Å². The Bertz CT molecular complexity index is 357. The van der Waals surface area contributed by atoms with E-state index >= 15 is 0 Å². The number of hydrogen-bond donors (Lipinski definition) is 2. The molecule has 2 fully saturated rings. The van der Waals surface area contributed by atoms with E-state index in [9.17, 15) is 14.4 Å². The molecule has 0 aromatic carbocycles. The van der Waals surface area contributed by atoms with E-state index in [-0.39, 0.29) is 37.3 Å². The van der Waals surface area contributed by atoms with Gasteiger partial charge in [0.25, 0.3) is 0 Å². The Kier molecular flexibility index (Phi) is 3.39. The zero-order valence-electron chi connectivity index (χ0n) is 9.22. The highest BCUT2D eigenvalue weighted by Crippen LogP contribution is 2.19. The maximum absolute atomic E-state index is 11.6. The number of morpholine rings is 1. The van der Waals surface area contributed by atoms with Crippen molar-refractivity contribution in [2.24, 2.45) is 0 Å². The molecule has 0 bridgehead atoms. The summed E-state index contributed by atoms with van der Waals surface area (Å²) in [6, 6.07) is -0.890. The van der Waals surface area contributed by atoms with Crippen LogP contribution in [0.4, 0.5) is 0 Å². The molecule has 0 radical (unpaired) electrons. The van der Waals surface area contributed by atoms with Crippen molar-refractivity contribution in [3.63, 3.8) is 0 Å². The second-order valence-electron chi connectivity index (χ2n) is 4.20. The Labute approximate surface area is 97.7 Å². The van der Waals surface area contributed by atoms with Crippen molar-refractivity contribution in [1.29, 1.82) is 0 Å². The lowest BCUT2D eigenvalue weighted by Gasteiger charge is -2.37. The van der Waals surface area contributed by atoms with E-state index in [0.29, 0.717) is 13.2 Å². The van der Waals surface area contributed by atoms with Crippen LogP contribution in [0, 0.1) is 0 Å². The maximum Gasteiger partial charge on any atom is 0.305 e. The highest BCUT2D eigenvalue weighted by atomic mass is 16.5. The quantitative estimate of drug-likeness (QED) is 0.589. The summed E-state index contributed by atoms with van der Waals surface area (Å²) in [7, 11) is 0. The van der Waals surface area contributed by atoms with Crippen molar-refractivity contribution in [3.05, 3.63) is 0 Å². The molecule has 17 heavy (non-hydrogen) atoms. The Morgan fingerprint density at radius 2 is 2.29 bits per heavy atom. The van der Waals surface area contributed by atoms with Gasteiger partial charge in [-0.05, 0) is 0 Å². The van der Waals surface area contributed by atoms with Gasteiger partial charge >= 0.3 is 5.97 Å². The Hall–Kier alpha value is -1.47. The van der Waals surface area contributed by atoms with Crippen molar-refractivity contribution in [1.82, 2.24) is 10.2 Å². The maximum atomic E-state index is 11.6. The molecule has 0 aromatic rings. The molecule has 2 aliphatic rings. The van der Waals surface area contributed by atoms with E-state index in [1.54, 1.807) is 4.90 Å². The molecule has 2 heterocycles. The average molecular weight is 242 g/mol. The molecule has 0 saturated carbocycles. The summed E-state index contributed by atoms with van der Waals surface area (Å²) in [4.78, 5) is 35.2.